The van der Waals surface area contributed by atoms with Gasteiger partial charge < -0.3 is 9.13 Å². The molecule has 1 unspecified atom stereocenters. The van der Waals surface area contributed by atoms with Crippen molar-refractivity contribution >= 4 is 22.6 Å². The molecule has 0 aliphatic carbocycles. The molecule has 0 aliphatic rings. The fraction of sp³-hybridized carbons (Fsp3) is 0.355. The van der Waals surface area contributed by atoms with Gasteiger partial charge in [-0.15, -0.1) is 0 Å². The zero-order valence-corrected chi connectivity index (χ0v) is 25.7. The molecule has 43 heavy (non-hydrogen) atoms. The molecule has 224 valence electrons. The summed E-state index contributed by atoms with van der Waals surface area (Å²) in [6.45, 7) is 12.4. The molecule has 0 aliphatic heterocycles. The van der Waals surface area contributed by atoms with Crippen molar-refractivity contribution in [2.45, 2.75) is 59.8 Å². The molecule has 0 bridgehead atoms. The lowest BCUT2D eigenvalue weighted by Gasteiger charge is -2.06. The van der Waals surface area contributed by atoms with Crippen molar-refractivity contribution in [1.29, 1.82) is 0 Å². The molecule has 1 atom stereocenters. The molecule has 6 rings (SSSR count). The Kier molecular flexibility index (Phi) is 9.79. The monoisotopic (exact) mass is 586 g/mol. The number of pyridine rings is 2. The molecule has 0 N–H and O–H groups in total. The summed E-state index contributed by atoms with van der Waals surface area (Å²) < 4.78 is 29.6. The van der Waals surface area contributed by atoms with Gasteiger partial charge in [0.25, 0.3) is 0 Å². The lowest BCUT2D eigenvalue weighted by atomic mass is 10.1. The Balaban J connectivity index is 0.000000186. The van der Waals surface area contributed by atoms with Gasteiger partial charge in [0.05, 0.1) is 36.2 Å². The maximum Gasteiger partial charge on any atom is 0.198 e. The van der Waals surface area contributed by atoms with Crippen LogP contribution in [0.4, 0.5) is 8.78 Å². The van der Waals surface area contributed by atoms with Crippen molar-refractivity contribution in [3.8, 4) is 23.0 Å². The summed E-state index contributed by atoms with van der Waals surface area (Å²) in [4.78, 5) is 35.0. The van der Waals surface area contributed by atoms with Gasteiger partial charge in [-0.25, -0.2) is 48.7 Å². The number of halogens is 2. The highest BCUT2D eigenvalue weighted by Gasteiger charge is 2.16. The second kappa shape index (κ2) is 13.5. The van der Waals surface area contributed by atoms with Crippen LogP contribution in [0.1, 0.15) is 71.2 Å². The van der Waals surface area contributed by atoms with E-state index in [-0.39, 0.29) is 11.6 Å². The summed E-state index contributed by atoms with van der Waals surface area (Å²) in [6.07, 6.45) is 6.89. The van der Waals surface area contributed by atoms with E-state index in [1.807, 2.05) is 37.1 Å². The van der Waals surface area contributed by atoms with E-state index in [0.717, 1.165) is 17.8 Å². The van der Waals surface area contributed by atoms with Crippen LogP contribution >= 0.6 is 0 Å². The number of fused-ring (bicyclic) bond motifs is 2. The second-order valence-electron chi connectivity index (χ2n) is 10.1. The minimum Gasteiger partial charge on any atom is -0.309 e. The molecule has 10 nitrogen and oxygen atoms in total. The minimum absolute atomic E-state index is 0.300. The van der Waals surface area contributed by atoms with E-state index >= 15 is 0 Å². The normalized spacial score (nSPS) is 11.7. The Hall–Kier alpha value is -4.74. The van der Waals surface area contributed by atoms with Gasteiger partial charge in [-0.2, -0.15) is 0 Å². The molecular weight excluding hydrogens is 550 g/mol. The van der Waals surface area contributed by atoms with Crippen molar-refractivity contribution in [1.82, 2.24) is 49.0 Å². The topological polar surface area (TPSA) is 113 Å². The molecule has 0 aromatic carbocycles. The van der Waals surface area contributed by atoms with Crippen LogP contribution in [-0.2, 0) is 14.1 Å². The quantitative estimate of drug-likeness (QED) is 0.217. The van der Waals surface area contributed by atoms with Crippen LogP contribution in [0.5, 0.6) is 0 Å². The van der Waals surface area contributed by atoms with Crippen LogP contribution in [0.2, 0.25) is 0 Å². The number of aryl methyl sites for hydroxylation is 2. The van der Waals surface area contributed by atoms with Gasteiger partial charge in [0, 0.05) is 14.1 Å². The summed E-state index contributed by atoms with van der Waals surface area (Å²) in [5, 5.41) is 0. The first-order valence-corrected chi connectivity index (χ1v) is 14.3. The third-order valence-electron chi connectivity index (χ3n) is 6.82. The predicted octanol–water partition coefficient (Wildman–Crippen LogP) is 6.79. The van der Waals surface area contributed by atoms with Gasteiger partial charge >= 0.3 is 0 Å². The number of hydrogen-bond donors (Lipinski definition) is 0. The van der Waals surface area contributed by atoms with Gasteiger partial charge in [0.1, 0.15) is 23.0 Å². The Morgan fingerprint density at radius 1 is 0.628 bits per heavy atom. The van der Waals surface area contributed by atoms with Crippen LogP contribution in [0, 0.1) is 11.6 Å². The van der Waals surface area contributed by atoms with Crippen molar-refractivity contribution in [2.24, 2.45) is 14.1 Å². The highest BCUT2D eigenvalue weighted by atomic mass is 19.1. The lowest BCUT2D eigenvalue weighted by Crippen LogP contribution is -1.99. The first-order valence-electron chi connectivity index (χ1n) is 14.3. The van der Waals surface area contributed by atoms with Gasteiger partial charge in [-0.05, 0) is 42.5 Å². The molecular formula is C31H36F2N10. The summed E-state index contributed by atoms with van der Waals surface area (Å²) in [5.74, 6) is 1.16. The van der Waals surface area contributed by atoms with Crippen molar-refractivity contribution in [3.63, 3.8) is 0 Å². The molecule has 0 amide bonds. The van der Waals surface area contributed by atoms with Gasteiger partial charge in [0.2, 0.25) is 0 Å². The van der Waals surface area contributed by atoms with Crippen molar-refractivity contribution < 1.29 is 8.78 Å². The average Bonchev–Trinajstić information content (AvgIpc) is 3.54. The molecule has 0 saturated carbocycles. The van der Waals surface area contributed by atoms with E-state index in [2.05, 4.69) is 67.6 Å². The summed E-state index contributed by atoms with van der Waals surface area (Å²) in [6, 6.07) is 5.93. The molecule has 6 aromatic heterocycles. The highest BCUT2D eigenvalue weighted by Crippen LogP contribution is 2.23. The zero-order chi connectivity index (χ0) is 31.3. The molecule has 0 saturated heterocycles. The van der Waals surface area contributed by atoms with E-state index in [9.17, 15) is 8.78 Å². The molecule has 0 fully saturated rings. The molecule has 6 aromatic rings. The predicted molar refractivity (Wildman–Crippen MR) is 163 cm³/mol. The summed E-state index contributed by atoms with van der Waals surface area (Å²) in [5.41, 5.74) is 5.61. The van der Waals surface area contributed by atoms with Gasteiger partial charge in [0.15, 0.2) is 34.2 Å². The SMILES string of the molecule is CC.CC(C)c1cnc2nc(-c3ccc(F)cn3)n(C)c2n1.CCC(C)c1cnc2c(n1)nc(-c1ccc(F)cn1)n2C. The summed E-state index contributed by atoms with van der Waals surface area (Å²) in [7, 11) is 3.71. The van der Waals surface area contributed by atoms with E-state index in [1.54, 1.807) is 24.5 Å². The first-order chi connectivity index (χ1) is 20.7. The standard InChI is InChI=1S/C15H16FN5.C14H14FN5.C2H6/c1-4-9(2)12-8-18-15-13(19-12)20-14(21(15)3)11-6-5-10(16)7-17-11;1-8(2)11-7-17-12-14(18-11)20(3)13(19-12)10-5-4-9(15)6-16-10;1-2/h5-9H,4H2,1-3H3;4-8H,1-3H3;1-2H3. The number of rotatable bonds is 5. The van der Waals surface area contributed by atoms with Crippen LogP contribution in [-0.4, -0.2) is 49.0 Å². The Labute approximate surface area is 249 Å². The maximum atomic E-state index is 13.0. The largest absolute Gasteiger partial charge is 0.309 e. The Morgan fingerprint density at radius 3 is 1.67 bits per heavy atom. The summed E-state index contributed by atoms with van der Waals surface area (Å²) >= 11 is 0. The third-order valence-corrected chi connectivity index (χ3v) is 6.82. The van der Waals surface area contributed by atoms with Crippen LogP contribution in [0.3, 0.4) is 0 Å². The lowest BCUT2D eigenvalue weighted by molar-refractivity contribution is 0.621. The van der Waals surface area contributed by atoms with Crippen LogP contribution in [0.25, 0.3) is 45.6 Å². The first kappa shape index (κ1) is 31.2. The maximum absolute atomic E-state index is 13.0. The zero-order valence-electron chi connectivity index (χ0n) is 25.7. The number of imidazole rings is 2. The third kappa shape index (κ3) is 6.68. The fourth-order valence-corrected chi connectivity index (χ4v) is 4.14. The molecule has 6 heterocycles. The Morgan fingerprint density at radius 2 is 1.16 bits per heavy atom. The van der Waals surface area contributed by atoms with Gasteiger partial charge in [-0.1, -0.05) is 41.5 Å². The van der Waals surface area contributed by atoms with Crippen molar-refractivity contribution in [3.05, 3.63) is 72.1 Å². The number of aromatic nitrogens is 10. The van der Waals surface area contributed by atoms with E-state index in [4.69, 9.17) is 0 Å². The van der Waals surface area contributed by atoms with E-state index in [1.165, 1.54) is 24.5 Å². The van der Waals surface area contributed by atoms with Crippen LogP contribution < -0.4 is 0 Å². The van der Waals surface area contributed by atoms with E-state index < -0.39 is 0 Å². The molecule has 12 heteroatoms. The minimum atomic E-state index is -0.370. The van der Waals surface area contributed by atoms with Crippen LogP contribution in [0.15, 0.2) is 49.1 Å². The fourth-order valence-electron chi connectivity index (χ4n) is 4.14. The number of nitrogens with zero attached hydrogens (tertiary/aromatic N) is 10. The molecule has 0 spiro atoms. The Bertz CT molecular complexity index is 1810. The van der Waals surface area contributed by atoms with Gasteiger partial charge in [-0.3, -0.25) is 0 Å². The highest BCUT2D eigenvalue weighted by molar-refractivity contribution is 5.73. The smallest absolute Gasteiger partial charge is 0.198 e. The molecule has 0 radical (unpaired) electrons. The van der Waals surface area contributed by atoms with E-state index in [0.29, 0.717) is 57.5 Å². The average molecular weight is 587 g/mol. The van der Waals surface area contributed by atoms with Crippen molar-refractivity contribution in [2.75, 3.05) is 0 Å². The number of hydrogen-bond acceptors (Lipinski definition) is 8. The second-order valence-corrected chi connectivity index (χ2v) is 10.1.